The fourth-order valence-corrected chi connectivity index (χ4v) is 5.37. The van der Waals surface area contributed by atoms with E-state index in [0.29, 0.717) is 43.1 Å². The summed E-state index contributed by atoms with van der Waals surface area (Å²) in [4.78, 5) is 12.6. The molecule has 1 heterocycles. The quantitative estimate of drug-likeness (QED) is 0.604. The topological polar surface area (TPSA) is 75.7 Å². The molecule has 0 bridgehead atoms. The fraction of sp³-hybridized carbons (Fsp3) is 0.435. The minimum absolute atomic E-state index is 0.0950. The van der Waals surface area contributed by atoms with Gasteiger partial charge in [-0.15, -0.1) is 0 Å². The van der Waals surface area contributed by atoms with Crippen molar-refractivity contribution in [3.05, 3.63) is 64.2 Å². The molecule has 1 fully saturated rings. The first kappa shape index (κ1) is 23.6. The molecule has 1 amide bonds. The van der Waals surface area contributed by atoms with E-state index in [1.54, 1.807) is 24.3 Å². The van der Waals surface area contributed by atoms with E-state index in [4.69, 9.17) is 16.3 Å². The number of carbonyl (C=O) groups excluding carboxylic acids is 1. The van der Waals surface area contributed by atoms with Crippen LogP contribution in [0.1, 0.15) is 29.5 Å². The molecule has 6 nitrogen and oxygen atoms in total. The third-order valence-electron chi connectivity index (χ3n) is 5.41. The number of benzene rings is 2. The van der Waals surface area contributed by atoms with Crippen molar-refractivity contribution in [1.29, 1.82) is 0 Å². The van der Waals surface area contributed by atoms with Crippen molar-refractivity contribution in [2.45, 2.75) is 32.4 Å². The van der Waals surface area contributed by atoms with Crippen LogP contribution >= 0.6 is 11.6 Å². The summed E-state index contributed by atoms with van der Waals surface area (Å²) in [5.74, 6) is 0.235. The molecule has 3 rings (SSSR count). The number of rotatable bonds is 8. The van der Waals surface area contributed by atoms with Gasteiger partial charge in [-0.3, -0.25) is 4.79 Å². The molecule has 0 aromatic heterocycles. The van der Waals surface area contributed by atoms with Crippen LogP contribution in [0.4, 0.5) is 0 Å². The molecule has 0 spiro atoms. The highest BCUT2D eigenvalue weighted by Crippen LogP contribution is 2.22. The van der Waals surface area contributed by atoms with Gasteiger partial charge in [-0.2, -0.15) is 0 Å². The maximum absolute atomic E-state index is 12.8. The Morgan fingerprint density at radius 3 is 2.68 bits per heavy atom. The van der Waals surface area contributed by atoms with E-state index >= 15 is 0 Å². The second-order valence-electron chi connectivity index (χ2n) is 7.99. The summed E-state index contributed by atoms with van der Waals surface area (Å²) in [7, 11) is -3.50. The van der Waals surface area contributed by atoms with Crippen LogP contribution in [0.5, 0.6) is 5.75 Å². The molecule has 168 valence electrons. The van der Waals surface area contributed by atoms with Gasteiger partial charge in [0.25, 0.3) is 0 Å². The zero-order valence-corrected chi connectivity index (χ0v) is 19.5. The summed E-state index contributed by atoms with van der Waals surface area (Å²) >= 11 is 5.87. The second kappa shape index (κ2) is 10.5. The van der Waals surface area contributed by atoms with Gasteiger partial charge in [0, 0.05) is 18.1 Å². The zero-order chi connectivity index (χ0) is 22.4. The highest BCUT2D eigenvalue weighted by Gasteiger charge is 2.32. The van der Waals surface area contributed by atoms with Crippen LogP contribution in [0.25, 0.3) is 0 Å². The van der Waals surface area contributed by atoms with Crippen molar-refractivity contribution in [2.24, 2.45) is 5.92 Å². The lowest BCUT2D eigenvalue weighted by atomic mass is 9.99. The summed E-state index contributed by atoms with van der Waals surface area (Å²) in [6, 6.07) is 12.8. The Morgan fingerprint density at radius 2 is 1.94 bits per heavy atom. The Bertz CT molecular complexity index is 1010. The normalized spacial score (nSPS) is 17.3. The van der Waals surface area contributed by atoms with Gasteiger partial charge in [0.15, 0.2) is 0 Å². The monoisotopic (exact) mass is 464 g/mol. The van der Waals surface area contributed by atoms with Crippen molar-refractivity contribution in [3.63, 3.8) is 0 Å². The van der Waals surface area contributed by atoms with E-state index in [2.05, 4.69) is 5.32 Å². The van der Waals surface area contributed by atoms with Crippen LogP contribution in [0.2, 0.25) is 5.02 Å². The van der Waals surface area contributed by atoms with Gasteiger partial charge in [-0.05, 0) is 61.6 Å². The first-order chi connectivity index (χ1) is 14.7. The van der Waals surface area contributed by atoms with Crippen LogP contribution in [-0.2, 0) is 20.6 Å². The number of ether oxygens (including phenoxy) is 1. The van der Waals surface area contributed by atoms with Gasteiger partial charge < -0.3 is 10.1 Å². The maximum Gasteiger partial charge on any atom is 0.224 e. The average Bonchev–Trinajstić information content (AvgIpc) is 2.75. The first-order valence-electron chi connectivity index (χ1n) is 10.4. The van der Waals surface area contributed by atoms with Crippen molar-refractivity contribution in [3.8, 4) is 5.75 Å². The Morgan fingerprint density at radius 1 is 1.19 bits per heavy atom. The molecule has 0 saturated carbocycles. The van der Waals surface area contributed by atoms with Crippen LogP contribution in [0.15, 0.2) is 42.5 Å². The summed E-state index contributed by atoms with van der Waals surface area (Å²) in [6.45, 7) is 5.37. The number of aryl methyl sites for hydroxylation is 2. The average molecular weight is 465 g/mol. The van der Waals surface area contributed by atoms with E-state index in [1.807, 2.05) is 32.0 Å². The lowest BCUT2D eigenvalue weighted by Gasteiger charge is -2.31. The Balaban J connectivity index is 1.49. The van der Waals surface area contributed by atoms with Crippen LogP contribution in [0, 0.1) is 19.8 Å². The highest BCUT2D eigenvalue weighted by atomic mass is 35.5. The molecule has 1 N–H and O–H groups in total. The largest absolute Gasteiger partial charge is 0.491 e. The van der Waals surface area contributed by atoms with Crippen LogP contribution in [-0.4, -0.2) is 44.9 Å². The van der Waals surface area contributed by atoms with E-state index in [0.717, 1.165) is 16.9 Å². The van der Waals surface area contributed by atoms with Crippen molar-refractivity contribution >= 4 is 27.5 Å². The van der Waals surface area contributed by atoms with E-state index < -0.39 is 10.0 Å². The van der Waals surface area contributed by atoms with Gasteiger partial charge in [0.1, 0.15) is 12.4 Å². The molecular formula is C23H29ClN2O4S. The van der Waals surface area contributed by atoms with Gasteiger partial charge in [0.05, 0.1) is 18.2 Å². The Kier molecular flexibility index (Phi) is 7.97. The molecular weight excluding hydrogens is 436 g/mol. The maximum atomic E-state index is 12.8. The smallest absolute Gasteiger partial charge is 0.224 e. The van der Waals surface area contributed by atoms with Gasteiger partial charge in [-0.1, -0.05) is 35.9 Å². The second-order valence-corrected chi connectivity index (χ2v) is 10.4. The minimum atomic E-state index is -3.50. The molecule has 1 atom stereocenters. The third-order valence-corrected chi connectivity index (χ3v) is 7.48. The molecule has 0 unspecified atom stereocenters. The number of nitrogens with one attached hydrogen (secondary N) is 1. The number of piperidine rings is 1. The standard InChI is InChI=1S/C23H29ClN2O4S/c1-17-5-6-18(2)22(14-17)30-13-11-25-23(27)20-4-3-12-26(15-20)31(28,29)16-19-7-9-21(24)10-8-19/h5-10,14,20H,3-4,11-13,15-16H2,1-2H3,(H,25,27)/t20-/m0/s1. The molecule has 1 aliphatic rings. The lowest BCUT2D eigenvalue weighted by Crippen LogP contribution is -2.46. The van der Waals surface area contributed by atoms with Crippen LogP contribution in [0.3, 0.4) is 0 Å². The van der Waals surface area contributed by atoms with E-state index in [9.17, 15) is 13.2 Å². The summed E-state index contributed by atoms with van der Waals surface area (Å²) in [5.41, 5.74) is 2.84. The lowest BCUT2D eigenvalue weighted by molar-refractivity contribution is -0.126. The number of halogens is 1. The molecule has 2 aromatic rings. The number of sulfonamides is 1. The predicted molar refractivity (Wildman–Crippen MR) is 123 cm³/mol. The fourth-order valence-electron chi connectivity index (χ4n) is 3.63. The van der Waals surface area contributed by atoms with Crippen molar-refractivity contribution < 1.29 is 17.9 Å². The Hall–Kier alpha value is -2.09. The summed E-state index contributed by atoms with van der Waals surface area (Å²) in [5, 5.41) is 3.45. The van der Waals surface area contributed by atoms with E-state index in [1.165, 1.54) is 4.31 Å². The Labute approximate surface area is 189 Å². The number of amides is 1. The molecule has 8 heteroatoms. The predicted octanol–water partition coefficient (Wildman–Crippen LogP) is 3.69. The first-order valence-corrected chi connectivity index (χ1v) is 12.4. The molecule has 1 saturated heterocycles. The summed E-state index contributed by atoms with van der Waals surface area (Å²) < 4.78 is 32.9. The minimum Gasteiger partial charge on any atom is -0.491 e. The van der Waals surface area contributed by atoms with Gasteiger partial charge in [0.2, 0.25) is 15.9 Å². The summed E-state index contributed by atoms with van der Waals surface area (Å²) in [6.07, 6.45) is 1.34. The van der Waals surface area contributed by atoms with Crippen molar-refractivity contribution in [1.82, 2.24) is 9.62 Å². The van der Waals surface area contributed by atoms with Gasteiger partial charge >= 0.3 is 0 Å². The highest BCUT2D eigenvalue weighted by molar-refractivity contribution is 7.88. The molecule has 0 aliphatic carbocycles. The molecule has 1 aliphatic heterocycles. The number of carbonyl (C=O) groups is 1. The SMILES string of the molecule is Cc1ccc(C)c(OCCNC(=O)[C@H]2CCCN(S(=O)(=O)Cc3ccc(Cl)cc3)C2)c1. The number of hydrogen-bond acceptors (Lipinski definition) is 4. The van der Waals surface area contributed by atoms with Crippen molar-refractivity contribution in [2.75, 3.05) is 26.2 Å². The van der Waals surface area contributed by atoms with Crippen LogP contribution < -0.4 is 10.1 Å². The van der Waals surface area contributed by atoms with E-state index in [-0.39, 0.29) is 24.1 Å². The third kappa shape index (κ3) is 6.69. The number of nitrogens with zero attached hydrogens (tertiary/aromatic N) is 1. The molecule has 2 aromatic carbocycles. The molecule has 0 radical (unpaired) electrons. The number of hydrogen-bond donors (Lipinski definition) is 1. The zero-order valence-electron chi connectivity index (χ0n) is 17.9. The van der Waals surface area contributed by atoms with Gasteiger partial charge in [-0.25, -0.2) is 12.7 Å². The molecule has 31 heavy (non-hydrogen) atoms.